The van der Waals surface area contributed by atoms with Gasteiger partial charge >= 0.3 is 5.97 Å². The Hall–Kier alpha value is -1.44. The molecule has 7 heteroatoms. The number of aliphatic hydroxyl groups excluding tert-OH is 1. The van der Waals surface area contributed by atoms with Crippen molar-refractivity contribution in [3.8, 4) is 0 Å². The summed E-state index contributed by atoms with van der Waals surface area (Å²) >= 11 is 1.51. The fourth-order valence-electron chi connectivity index (χ4n) is 3.57. The van der Waals surface area contributed by atoms with Crippen LogP contribution in [-0.4, -0.2) is 54.2 Å². The molecule has 1 amide bonds. The summed E-state index contributed by atoms with van der Waals surface area (Å²) in [6.45, 7) is 5.11. The summed E-state index contributed by atoms with van der Waals surface area (Å²) in [7, 11) is 0. The zero-order valence-corrected chi connectivity index (χ0v) is 16.4. The number of ether oxygens (including phenoxy) is 1. The highest BCUT2D eigenvalue weighted by atomic mass is 32.1. The molecule has 0 bridgehead atoms. The molecule has 26 heavy (non-hydrogen) atoms. The summed E-state index contributed by atoms with van der Waals surface area (Å²) in [5, 5.41) is 12.8. The van der Waals surface area contributed by atoms with Crippen molar-refractivity contribution < 1.29 is 19.4 Å². The van der Waals surface area contributed by atoms with Crippen LogP contribution in [0.1, 0.15) is 53.9 Å². The minimum atomic E-state index is -0.343. The van der Waals surface area contributed by atoms with Crippen LogP contribution in [0.2, 0.25) is 0 Å². The lowest BCUT2D eigenvalue weighted by molar-refractivity contribution is -0.117. The van der Waals surface area contributed by atoms with Gasteiger partial charge in [0.1, 0.15) is 5.00 Å². The number of fused-ring (bicyclic) bond motifs is 1. The molecule has 1 aromatic rings. The second-order valence-corrected chi connectivity index (χ2v) is 8.35. The third kappa shape index (κ3) is 4.45. The van der Waals surface area contributed by atoms with E-state index in [1.165, 1.54) is 16.2 Å². The van der Waals surface area contributed by atoms with Crippen LogP contribution in [0, 0.1) is 5.92 Å². The van der Waals surface area contributed by atoms with E-state index in [-0.39, 0.29) is 25.0 Å². The Bertz CT molecular complexity index is 669. The Morgan fingerprint density at radius 3 is 2.77 bits per heavy atom. The third-order valence-electron chi connectivity index (χ3n) is 5.04. The number of carbonyl (C=O) groups is 2. The molecule has 0 radical (unpaired) electrons. The van der Waals surface area contributed by atoms with Gasteiger partial charge in [0, 0.05) is 17.5 Å². The zero-order valence-electron chi connectivity index (χ0n) is 15.5. The maximum absolute atomic E-state index is 12.6. The molecule has 2 aliphatic rings. The Balaban J connectivity index is 1.77. The minimum Gasteiger partial charge on any atom is -0.462 e. The quantitative estimate of drug-likeness (QED) is 0.677. The molecule has 0 saturated heterocycles. The first-order valence-electron chi connectivity index (χ1n) is 9.49. The topological polar surface area (TPSA) is 78.9 Å². The molecule has 1 aromatic heterocycles. The molecule has 6 nitrogen and oxygen atoms in total. The fourth-order valence-corrected chi connectivity index (χ4v) is 4.98. The molecule has 1 heterocycles. The van der Waals surface area contributed by atoms with Crippen LogP contribution in [0.5, 0.6) is 0 Å². The first-order chi connectivity index (χ1) is 12.5. The number of aliphatic hydroxyl groups is 1. The summed E-state index contributed by atoms with van der Waals surface area (Å²) in [4.78, 5) is 28.3. The summed E-state index contributed by atoms with van der Waals surface area (Å²) in [5.74, 6) is 0.112. The summed E-state index contributed by atoms with van der Waals surface area (Å²) in [6, 6.07) is 0.398. The van der Waals surface area contributed by atoms with Crippen LogP contribution in [0.4, 0.5) is 5.00 Å². The summed E-state index contributed by atoms with van der Waals surface area (Å²) in [6.07, 6.45) is 5.01. The van der Waals surface area contributed by atoms with Crippen molar-refractivity contribution in [3.05, 3.63) is 16.0 Å². The van der Waals surface area contributed by atoms with Gasteiger partial charge in [-0.15, -0.1) is 11.3 Å². The number of hydrogen-bond acceptors (Lipinski definition) is 6. The number of carbonyl (C=O) groups excluding carboxylic acids is 2. The summed E-state index contributed by atoms with van der Waals surface area (Å²) in [5.41, 5.74) is 1.60. The Morgan fingerprint density at radius 1 is 1.35 bits per heavy atom. The number of thiophene rings is 1. The molecule has 2 N–H and O–H groups in total. The average Bonchev–Trinajstić information content (AvgIpc) is 3.36. The predicted octanol–water partition coefficient (Wildman–Crippen LogP) is 2.44. The third-order valence-corrected chi connectivity index (χ3v) is 6.21. The number of esters is 1. The van der Waals surface area contributed by atoms with E-state index in [2.05, 4.69) is 12.2 Å². The fraction of sp³-hybridized carbons (Fsp3) is 0.684. The van der Waals surface area contributed by atoms with Crippen LogP contribution in [-0.2, 0) is 22.4 Å². The van der Waals surface area contributed by atoms with Gasteiger partial charge in [0.05, 0.1) is 25.3 Å². The van der Waals surface area contributed by atoms with Gasteiger partial charge in [0.15, 0.2) is 0 Å². The average molecular weight is 381 g/mol. The number of nitrogens with zero attached hydrogens (tertiary/aromatic N) is 1. The van der Waals surface area contributed by atoms with Gasteiger partial charge in [-0.2, -0.15) is 0 Å². The standard InChI is InChI=1S/C19H28N2O4S/c1-3-25-19(24)17-14-7-4-12(2)10-15(14)26-18(17)20-16(23)11-21(8-9-22)13-5-6-13/h12-13,22H,3-11H2,1-2H3,(H,20,23). The van der Waals surface area contributed by atoms with Crippen molar-refractivity contribution in [2.75, 3.05) is 31.6 Å². The van der Waals surface area contributed by atoms with Crippen LogP contribution < -0.4 is 5.32 Å². The lowest BCUT2D eigenvalue weighted by Gasteiger charge is -2.20. The molecule has 2 aliphatic carbocycles. The molecule has 0 aromatic carbocycles. The number of nitrogens with one attached hydrogen (secondary N) is 1. The van der Waals surface area contributed by atoms with E-state index >= 15 is 0 Å². The van der Waals surface area contributed by atoms with Gasteiger partial charge in [-0.3, -0.25) is 9.69 Å². The van der Waals surface area contributed by atoms with E-state index < -0.39 is 0 Å². The summed E-state index contributed by atoms with van der Waals surface area (Å²) < 4.78 is 5.24. The Morgan fingerprint density at radius 2 is 2.12 bits per heavy atom. The molecule has 1 saturated carbocycles. The molecule has 3 rings (SSSR count). The van der Waals surface area contributed by atoms with E-state index in [1.54, 1.807) is 6.92 Å². The van der Waals surface area contributed by atoms with Gasteiger partial charge in [-0.25, -0.2) is 4.79 Å². The Kier molecular flexibility index (Phi) is 6.32. The SMILES string of the molecule is CCOC(=O)c1c(NC(=O)CN(CCO)C2CC2)sc2c1CCC(C)C2. The first kappa shape index (κ1) is 19.3. The van der Waals surface area contributed by atoms with Gasteiger partial charge in [0.2, 0.25) is 5.91 Å². The van der Waals surface area contributed by atoms with Crippen LogP contribution in [0.15, 0.2) is 0 Å². The minimum absolute atomic E-state index is 0.0447. The van der Waals surface area contributed by atoms with Crippen molar-refractivity contribution >= 4 is 28.2 Å². The monoisotopic (exact) mass is 380 g/mol. The van der Waals surface area contributed by atoms with Crippen molar-refractivity contribution in [2.24, 2.45) is 5.92 Å². The zero-order chi connectivity index (χ0) is 18.7. The predicted molar refractivity (Wildman–Crippen MR) is 102 cm³/mol. The molecule has 1 unspecified atom stereocenters. The van der Waals surface area contributed by atoms with Crippen LogP contribution in [0.3, 0.4) is 0 Å². The number of rotatable bonds is 8. The van der Waals surface area contributed by atoms with Gasteiger partial charge in [-0.1, -0.05) is 6.92 Å². The molecule has 1 atom stereocenters. The van der Waals surface area contributed by atoms with E-state index in [0.29, 0.717) is 35.7 Å². The normalized spacial score (nSPS) is 19.3. The van der Waals surface area contributed by atoms with Gasteiger partial charge in [-0.05, 0) is 50.5 Å². The number of amides is 1. The number of anilines is 1. The maximum Gasteiger partial charge on any atom is 0.341 e. The van der Waals surface area contributed by atoms with Crippen molar-refractivity contribution in [2.45, 2.75) is 52.0 Å². The smallest absolute Gasteiger partial charge is 0.341 e. The van der Waals surface area contributed by atoms with Crippen LogP contribution >= 0.6 is 11.3 Å². The van der Waals surface area contributed by atoms with E-state index in [4.69, 9.17) is 4.74 Å². The van der Waals surface area contributed by atoms with E-state index in [0.717, 1.165) is 37.7 Å². The highest BCUT2D eigenvalue weighted by molar-refractivity contribution is 7.17. The van der Waals surface area contributed by atoms with Crippen molar-refractivity contribution in [1.29, 1.82) is 0 Å². The van der Waals surface area contributed by atoms with E-state index in [9.17, 15) is 14.7 Å². The van der Waals surface area contributed by atoms with Crippen molar-refractivity contribution in [3.63, 3.8) is 0 Å². The van der Waals surface area contributed by atoms with E-state index in [1.807, 2.05) is 4.90 Å². The highest BCUT2D eigenvalue weighted by Gasteiger charge is 2.32. The second kappa shape index (κ2) is 8.50. The maximum atomic E-state index is 12.6. The van der Waals surface area contributed by atoms with Gasteiger partial charge in [0.25, 0.3) is 0 Å². The molecule has 0 spiro atoms. The molecule has 1 fully saturated rings. The largest absolute Gasteiger partial charge is 0.462 e. The lowest BCUT2D eigenvalue weighted by Crippen LogP contribution is -2.36. The first-order valence-corrected chi connectivity index (χ1v) is 10.3. The Labute approximate surface area is 158 Å². The highest BCUT2D eigenvalue weighted by Crippen LogP contribution is 2.40. The molecule has 144 valence electrons. The lowest BCUT2D eigenvalue weighted by atomic mass is 9.88. The van der Waals surface area contributed by atoms with Crippen molar-refractivity contribution in [1.82, 2.24) is 4.90 Å². The van der Waals surface area contributed by atoms with Gasteiger partial charge < -0.3 is 15.2 Å². The van der Waals surface area contributed by atoms with Crippen LogP contribution in [0.25, 0.3) is 0 Å². The molecular formula is C19H28N2O4S. The second-order valence-electron chi connectivity index (χ2n) is 7.25. The molecule has 0 aliphatic heterocycles. The number of hydrogen-bond donors (Lipinski definition) is 2. The molecular weight excluding hydrogens is 352 g/mol.